The minimum absolute atomic E-state index is 0.0343. The lowest BCUT2D eigenvalue weighted by atomic mass is 9.47. The molecule has 0 spiro atoms. The number of nitrogens with one attached hydrogen (secondary N) is 1. The van der Waals surface area contributed by atoms with Crippen LogP contribution in [0.4, 0.5) is 4.79 Å². The summed E-state index contributed by atoms with van der Waals surface area (Å²) in [6.45, 7) is 13.2. The Kier molecular flexibility index (Phi) is 12.3. The highest BCUT2D eigenvalue weighted by molar-refractivity contribution is 7.45. The number of hydrogen-bond acceptors (Lipinski definition) is 6. The molecular weight excluding hydrogens is 561 g/mol. The Hall–Kier alpha value is -0.880. The van der Waals surface area contributed by atoms with Crippen molar-refractivity contribution in [3.05, 3.63) is 11.6 Å². The average molecular weight is 623 g/mol. The molecule has 0 aromatic rings. The van der Waals surface area contributed by atoms with Gasteiger partial charge in [0.1, 0.15) is 6.10 Å². The number of phosphoric ester groups is 1. The van der Waals surface area contributed by atoms with Crippen LogP contribution in [0.15, 0.2) is 11.6 Å². The zero-order valence-electron chi connectivity index (χ0n) is 28.0. The van der Waals surface area contributed by atoms with Crippen LogP contribution in [0, 0.1) is 46.3 Å². The van der Waals surface area contributed by atoms with E-state index in [1.807, 2.05) is 0 Å². The van der Waals surface area contributed by atoms with E-state index in [1.165, 1.54) is 51.4 Å². The smallest absolute Gasteiger partial charge is 0.407 e. The Balaban J connectivity index is 1.21. The Morgan fingerprint density at radius 1 is 1.02 bits per heavy atom. The molecule has 0 aromatic carbocycles. The van der Waals surface area contributed by atoms with Crippen LogP contribution in [-0.4, -0.2) is 32.5 Å². The van der Waals surface area contributed by atoms with Gasteiger partial charge in [0.05, 0.1) is 6.61 Å². The SMILES string of the molecule is COP(=O)([O-])OCCCCCCNC(=O)O[C@H]1CC[C@@]2(C)C(=CC[C@H]3[C@@H]4CC[C@H]([C@H](C)CCCC(C)C)[C@@]4(C)CC[C@@H]32)C1. The minimum Gasteiger partial charge on any atom is -0.756 e. The average Bonchev–Trinajstić information content (AvgIpc) is 3.31. The molecule has 4 aliphatic rings. The van der Waals surface area contributed by atoms with Crippen LogP contribution in [0.1, 0.15) is 131 Å². The first-order valence-electron chi connectivity index (χ1n) is 17.5. The lowest BCUT2D eigenvalue weighted by Gasteiger charge is -2.58. The quantitative estimate of drug-likeness (QED) is 0.111. The molecule has 1 N–H and O–H groups in total. The monoisotopic (exact) mass is 622 g/mol. The van der Waals surface area contributed by atoms with E-state index in [9.17, 15) is 14.3 Å². The van der Waals surface area contributed by atoms with Crippen LogP contribution in [-0.2, 0) is 18.3 Å². The number of fused-ring (bicyclic) bond motifs is 5. The molecule has 7 nitrogen and oxygen atoms in total. The summed E-state index contributed by atoms with van der Waals surface area (Å²) in [7, 11) is -3.04. The van der Waals surface area contributed by atoms with Crippen molar-refractivity contribution in [3.63, 3.8) is 0 Å². The topological polar surface area (TPSA) is 96.9 Å². The van der Waals surface area contributed by atoms with Crippen molar-refractivity contribution < 1.29 is 28.0 Å². The molecule has 3 saturated carbocycles. The molecule has 43 heavy (non-hydrogen) atoms. The summed E-state index contributed by atoms with van der Waals surface area (Å²) in [5, 5.41) is 2.92. The van der Waals surface area contributed by atoms with Gasteiger partial charge in [-0.1, -0.05) is 78.4 Å². The molecule has 0 bridgehead atoms. The predicted molar refractivity (Wildman–Crippen MR) is 170 cm³/mol. The maximum Gasteiger partial charge on any atom is 0.407 e. The number of unbranched alkanes of at least 4 members (excludes halogenated alkanes) is 3. The summed E-state index contributed by atoms with van der Waals surface area (Å²) in [6, 6.07) is 0. The molecule has 4 aliphatic carbocycles. The lowest BCUT2D eigenvalue weighted by Crippen LogP contribution is -2.51. The van der Waals surface area contributed by atoms with Gasteiger partial charge in [-0.2, -0.15) is 0 Å². The van der Waals surface area contributed by atoms with Crippen molar-refractivity contribution >= 4 is 13.9 Å². The highest BCUT2D eigenvalue weighted by Crippen LogP contribution is 2.67. The van der Waals surface area contributed by atoms with Gasteiger partial charge in [-0.05, 0) is 104 Å². The maximum atomic E-state index is 12.6. The third-order valence-electron chi connectivity index (χ3n) is 12.3. The zero-order valence-corrected chi connectivity index (χ0v) is 28.9. The number of phosphoric acid groups is 1. The van der Waals surface area contributed by atoms with Gasteiger partial charge >= 0.3 is 6.09 Å². The van der Waals surface area contributed by atoms with Crippen molar-refractivity contribution in [2.45, 2.75) is 137 Å². The molecule has 0 heterocycles. The zero-order chi connectivity index (χ0) is 31.3. The van der Waals surface area contributed by atoms with Crippen molar-refractivity contribution in [3.8, 4) is 0 Å². The van der Waals surface area contributed by atoms with Crippen LogP contribution in [0.3, 0.4) is 0 Å². The van der Waals surface area contributed by atoms with Crippen LogP contribution < -0.4 is 10.2 Å². The molecule has 8 heteroatoms. The van der Waals surface area contributed by atoms with E-state index in [0.717, 1.165) is 81.1 Å². The van der Waals surface area contributed by atoms with Crippen molar-refractivity contribution in [1.82, 2.24) is 5.32 Å². The minimum atomic E-state index is -4.13. The third kappa shape index (κ3) is 8.48. The molecular formula is C35H61NO6P-. The first-order chi connectivity index (χ1) is 20.4. The molecule has 1 amide bonds. The number of hydrogen-bond donors (Lipinski definition) is 1. The van der Waals surface area contributed by atoms with Gasteiger partial charge in [-0.25, -0.2) is 4.79 Å². The van der Waals surface area contributed by atoms with Crippen molar-refractivity contribution in [2.24, 2.45) is 46.3 Å². The second-order valence-corrected chi connectivity index (χ2v) is 16.9. The number of allylic oxidation sites excluding steroid dienone is 1. The molecule has 248 valence electrons. The normalized spacial score (nSPS) is 35.7. The second kappa shape index (κ2) is 15.1. The summed E-state index contributed by atoms with van der Waals surface area (Å²) in [6.07, 6.45) is 19.3. The molecule has 3 fully saturated rings. The van der Waals surface area contributed by atoms with E-state index in [-0.39, 0.29) is 24.2 Å². The van der Waals surface area contributed by atoms with E-state index in [4.69, 9.17) is 9.26 Å². The summed E-state index contributed by atoms with van der Waals surface area (Å²) < 4.78 is 26.1. The molecule has 0 saturated heterocycles. The van der Waals surface area contributed by atoms with Gasteiger partial charge in [0, 0.05) is 20.1 Å². The fraction of sp³-hybridized carbons (Fsp3) is 0.914. The van der Waals surface area contributed by atoms with Crippen LogP contribution in [0.2, 0.25) is 0 Å². The summed E-state index contributed by atoms with van der Waals surface area (Å²) in [5.74, 6) is 5.00. The van der Waals surface area contributed by atoms with Crippen LogP contribution in [0.5, 0.6) is 0 Å². The van der Waals surface area contributed by atoms with Gasteiger partial charge in [0.2, 0.25) is 0 Å². The number of ether oxygens (including phenoxy) is 1. The van der Waals surface area contributed by atoms with E-state index < -0.39 is 7.82 Å². The molecule has 9 atom stereocenters. The van der Waals surface area contributed by atoms with E-state index in [1.54, 1.807) is 5.57 Å². The van der Waals surface area contributed by atoms with Gasteiger partial charge in [0.15, 0.2) is 0 Å². The number of alkyl carbamates (subject to hydrolysis) is 1. The third-order valence-corrected chi connectivity index (χ3v) is 13.3. The standard InChI is InChI=1S/C35H62NO6P/c1-25(2)12-11-13-26(3)30-16-17-31-29-15-14-27-24-28(18-20-34(27,4)32(29)19-21-35(30,31)5)42-33(37)36-22-9-7-8-10-23-41-43(38,39)40-6/h14,25-26,28-32H,7-13,15-24H2,1-6H3,(H,36,37)(H,38,39)/p-1/t26-,28+,29+,30-,31+,32+,34+,35-/m1/s1. The van der Waals surface area contributed by atoms with Gasteiger partial charge in [-0.3, -0.25) is 4.57 Å². The summed E-state index contributed by atoms with van der Waals surface area (Å²) >= 11 is 0. The Morgan fingerprint density at radius 3 is 2.53 bits per heavy atom. The summed E-state index contributed by atoms with van der Waals surface area (Å²) in [5.41, 5.74) is 2.32. The lowest BCUT2D eigenvalue weighted by molar-refractivity contribution is -0.223. The first-order valence-corrected chi connectivity index (χ1v) is 19.0. The highest BCUT2D eigenvalue weighted by atomic mass is 31.2. The Morgan fingerprint density at radius 2 is 1.79 bits per heavy atom. The van der Waals surface area contributed by atoms with Crippen molar-refractivity contribution in [2.75, 3.05) is 20.3 Å². The van der Waals surface area contributed by atoms with Gasteiger partial charge in [0.25, 0.3) is 7.82 Å². The number of carbonyl (C=O) groups excluding carboxylic acids is 1. The van der Waals surface area contributed by atoms with Gasteiger partial charge in [-0.15, -0.1) is 0 Å². The van der Waals surface area contributed by atoms with Crippen LogP contribution >= 0.6 is 7.82 Å². The van der Waals surface area contributed by atoms with Crippen molar-refractivity contribution in [1.29, 1.82) is 0 Å². The van der Waals surface area contributed by atoms with Crippen LogP contribution in [0.25, 0.3) is 0 Å². The largest absolute Gasteiger partial charge is 0.756 e. The number of rotatable bonds is 15. The van der Waals surface area contributed by atoms with E-state index >= 15 is 0 Å². The van der Waals surface area contributed by atoms with Gasteiger partial charge < -0.3 is 24.0 Å². The van der Waals surface area contributed by atoms with E-state index in [2.05, 4.69) is 50.5 Å². The fourth-order valence-corrected chi connectivity index (χ4v) is 10.4. The molecule has 0 radical (unpaired) electrons. The Bertz CT molecular complexity index is 1000. The molecule has 0 aliphatic heterocycles. The highest BCUT2D eigenvalue weighted by Gasteiger charge is 2.59. The first kappa shape index (κ1) is 35.0. The molecule has 4 rings (SSSR count). The second-order valence-electron chi connectivity index (χ2n) is 15.4. The molecule has 0 aromatic heterocycles. The number of carbonyl (C=O) groups is 1. The predicted octanol–water partition coefficient (Wildman–Crippen LogP) is 8.81. The maximum absolute atomic E-state index is 12.6. The fourth-order valence-electron chi connectivity index (χ4n) is 9.95. The number of amides is 1. The Labute approximate surface area is 262 Å². The summed E-state index contributed by atoms with van der Waals surface area (Å²) in [4.78, 5) is 23.7. The van der Waals surface area contributed by atoms with E-state index in [0.29, 0.717) is 18.4 Å². The molecule has 1 unspecified atom stereocenters.